The molecule has 0 spiro atoms. The highest BCUT2D eigenvalue weighted by atomic mass is 19.4. The molecular weight excluding hydrogens is 264 g/mol. The van der Waals surface area contributed by atoms with Gasteiger partial charge < -0.3 is 0 Å². The van der Waals surface area contributed by atoms with E-state index in [1.165, 1.54) is 0 Å². The van der Waals surface area contributed by atoms with Gasteiger partial charge in [-0.3, -0.25) is 5.41 Å². The molecule has 0 aliphatic heterocycles. The zero-order valence-corrected chi connectivity index (χ0v) is 8.52. The Balaban J connectivity index is 3.13. The van der Waals surface area contributed by atoms with E-state index in [-0.39, 0.29) is 0 Å². The first-order valence-corrected chi connectivity index (χ1v) is 4.29. The van der Waals surface area contributed by atoms with Crippen LogP contribution in [-0.4, -0.2) is 21.9 Å². The van der Waals surface area contributed by atoms with Crippen molar-refractivity contribution >= 4 is 11.3 Å². The van der Waals surface area contributed by atoms with Crippen LogP contribution in [0.25, 0.3) is 5.57 Å². The van der Waals surface area contributed by atoms with Crippen LogP contribution in [0, 0.1) is 5.41 Å². The van der Waals surface area contributed by atoms with Crippen molar-refractivity contribution in [3.05, 3.63) is 30.4 Å². The molecule has 18 heavy (non-hydrogen) atoms. The fourth-order valence-electron chi connectivity index (χ4n) is 0.945. The molecule has 0 saturated heterocycles. The average Bonchev–Trinajstić information content (AvgIpc) is 2.25. The van der Waals surface area contributed by atoms with Gasteiger partial charge in [0.25, 0.3) is 0 Å². The molecule has 1 rings (SSSR count). The molecule has 0 unspecified atom stereocenters. The fourth-order valence-corrected chi connectivity index (χ4v) is 0.945. The van der Waals surface area contributed by atoms with Gasteiger partial charge in [-0.25, -0.2) is 9.97 Å². The van der Waals surface area contributed by atoms with Crippen molar-refractivity contribution < 1.29 is 26.3 Å². The lowest BCUT2D eigenvalue weighted by atomic mass is 10.1. The summed E-state index contributed by atoms with van der Waals surface area (Å²) in [5.41, 5.74) is -4.31. The maximum atomic E-state index is 12.3. The lowest BCUT2D eigenvalue weighted by Gasteiger charge is -2.11. The topological polar surface area (TPSA) is 49.6 Å². The predicted octanol–water partition coefficient (Wildman–Crippen LogP) is 3.09. The van der Waals surface area contributed by atoms with E-state index in [1.54, 1.807) is 0 Å². The van der Waals surface area contributed by atoms with Gasteiger partial charge >= 0.3 is 12.4 Å². The molecule has 9 heteroatoms. The van der Waals surface area contributed by atoms with E-state index in [0.717, 1.165) is 0 Å². The van der Waals surface area contributed by atoms with Gasteiger partial charge in [-0.05, 0) is 6.07 Å². The summed E-state index contributed by atoms with van der Waals surface area (Å²) in [6.07, 6.45) is -9.17. The molecule has 0 aliphatic rings. The van der Waals surface area contributed by atoms with E-state index in [9.17, 15) is 26.3 Å². The predicted molar refractivity (Wildman–Crippen MR) is 49.8 cm³/mol. The van der Waals surface area contributed by atoms with Crippen LogP contribution in [0.3, 0.4) is 0 Å². The minimum atomic E-state index is -5.02. The summed E-state index contributed by atoms with van der Waals surface area (Å²) in [6.45, 7) is 2.88. The summed E-state index contributed by atoms with van der Waals surface area (Å²) < 4.78 is 73.3. The lowest BCUT2D eigenvalue weighted by Crippen LogP contribution is -2.24. The zero-order chi connectivity index (χ0) is 14.1. The van der Waals surface area contributed by atoms with Crippen molar-refractivity contribution in [1.82, 2.24) is 9.97 Å². The molecule has 0 saturated carbocycles. The van der Waals surface area contributed by atoms with Crippen molar-refractivity contribution in [3.8, 4) is 0 Å². The Labute approximate surface area is 96.7 Å². The van der Waals surface area contributed by atoms with Crippen LogP contribution < -0.4 is 0 Å². The summed E-state index contributed by atoms with van der Waals surface area (Å²) in [5.74, 6) is -0.882. The second kappa shape index (κ2) is 4.39. The van der Waals surface area contributed by atoms with Crippen LogP contribution in [0.15, 0.2) is 18.8 Å². The van der Waals surface area contributed by atoms with Crippen molar-refractivity contribution in [3.63, 3.8) is 0 Å². The third kappa shape index (κ3) is 3.05. The van der Waals surface area contributed by atoms with Crippen LogP contribution in [0.2, 0.25) is 0 Å². The van der Waals surface area contributed by atoms with Gasteiger partial charge in [-0.2, -0.15) is 26.3 Å². The number of alkyl halides is 6. The Morgan fingerprint density at radius 3 is 2.17 bits per heavy atom. The quantitative estimate of drug-likeness (QED) is 0.662. The number of rotatable bonds is 2. The third-order valence-corrected chi connectivity index (χ3v) is 1.80. The first-order chi connectivity index (χ1) is 8.03. The highest BCUT2D eigenvalue weighted by Gasteiger charge is 2.38. The third-order valence-electron chi connectivity index (χ3n) is 1.80. The molecular formula is C9H5F6N3. The number of allylic oxidation sites excluding steroid dienone is 1. The van der Waals surface area contributed by atoms with Gasteiger partial charge in [0.15, 0.2) is 5.82 Å². The van der Waals surface area contributed by atoms with Crippen molar-refractivity contribution in [1.29, 1.82) is 5.41 Å². The summed E-state index contributed by atoms with van der Waals surface area (Å²) >= 11 is 0. The monoisotopic (exact) mass is 269 g/mol. The molecule has 0 aliphatic carbocycles. The number of nitrogens with zero attached hydrogens (tertiary/aromatic N) is 2. The standard InChI is InChI=1S/C9H5F6N3/c1-4(6(16)9(13,14)15)7-17-3-2-5(18-7)8(10,11)12/h2-3,16H,1H2. The number of nitrogens with one attached hydrogen (secondary N) is 1. The maximum absolute atomic E-state index is 12.3. The van der Waals surface area contributed by atoms with Gasteiger partial charge in [0.05, 0.1) is 0 Å². The van der Waals surface area contributed by atoms with Gasteiger partial charge in [0.1, 0.15) is 11.4 Å². The molecule has 1 aromatic heterocycles. The molecule has 0 radical (unpaired) electrons. The van der Waals surface area contributed by atoms with Gasteiger partial charge in [0, 0.05) is 11.8 Å². The summed E-state index contributed by atoms with van der Waals surface area (Å²) in [7, 11) is 0. The number of halogens is 6. The highest BCUT2D eigenvalue weighted by molar-refractivity contribution is 6.23. The second-order valence-corrected chi connectivity index (χ2v) is 3.11. The van der Waals surface area contributed by atoms with Crippen LogP contribution >= 0.6 is 0 Å². The highest BCUT2D eigenvalue weighted by Crippen LogP contribution is 2.29. The molecule has 1 aromatic rings. The van der Waals surface area contributed by atoms with Crippen molar-refractivity contribution in [2.45, 2.75) is 12.4 Å². The first-order valence-electron chi connectivity index (χ1n) is 4.29. The Kier molecular flexibility index (Phi) is 3.45. The lowest BCUT2D eigenvalue weighted by molar-refractivity contribution is -0.141. The SMILES string of the molecule is C=C(C(=N)C(F)(F)F)c1nccc(C(F)(F)F)n1. The summed E-state index contributed by atoms with van der Waals surface area (Å²) in [5, 5.41) is 6.72. The van der Waals surface area contributed by atoms with Crippen LogP contribution in [0.4, 0.5) is 26.3 Å². The molecule has 1 N–H and O–H groups in total. The Bertz CT molecular complexity index is 488. The molecule has 3 nitrogen and oxygen atoms in total. The number of hydrogen-bond acceptors (Lipinski definition) is 3. The van der Waals surface area contributed by atoms with Crippen molar-refractivity contribution in [2.75, 3.05) is 0 Å². The molecule has 0 aromatic carbocycles. The second-order valence-electron chi connectivity index (χ2n) is 3.11. The largest absolute Gasteiger partial charge is 0.433 e. The smallest absolute Gasteiger partial charge is 0.296 e. The number of hydrogen-bond donors (Lipinski definition) is 1. The van der Waals surface area contributed by atoms with Crippen LogP contribution in [0.5, 0.6) is 0 Å². The minimum Gasteiger partial charge on any atom is -0.296 e. The fraction of sp³-hybridized carbons (Fsp3) is 0.222. The Morgan fingerprint density at radius 2 is 1.72 bits per heavy atom. The molecule has 0 bridgehead atoms. The normalized spacial score (nSPS) is 12.3. The summed E-state index contributed by atoms with van der Waals surface area (Å²) in [4.78, 5) is 6.14. The molecule has 0 fully saturated rings. The van der Waals surface area contributed by atoms with E-state index in [4.69, 9.17) is 5.41 Å². The molecule has 1 heterocycles. The van der Waals surface area contributed by atoms with E-state index < -0.39 is 35.2 Å². The van der Waals surface area contributed by atoms with Gasteiger partial charge in [-0.1, -0.05) is 6.58 Å². The van der Waals surface area contributed by atoms with Crippen molar-refractivity contribution in [2.24, 2.45) is 0 Å². The van der Waals surface area contributed by atoms with E-state index in [2.05, 4.69) is 16.5 Å². The Morgan fingerprint density at radius 1 is 1.17 bits per heavy atom. The molecule has 0 amide bonds. The zero-order valence-electron chi connectivity index (χ0n) is 8.52. The molecule has 98 valence electrons. The Hall–Kier alpha value is -1.93. The number of aromatic nitrogens is 2. The van der Waals surface area contributed by atoms with E-state index >= 15 is 0 Å². The van der Waals surface area contributed by atoms with E-state index in [0.29, 0.717) is 12.3 Å². The van der Waals surface area contributed by atoms with Gasteiger partial charge in [-0.15, -0.1) is 0 Å². The molecule has 0 atom stereocenters. The first kappa shape index (κ1) is 14.1. The van der Waals surface area contributed by atoms with Crippen LogP contribution in [0.1, 0.15) is 11.5 Å². The van der Waals surface area contributed by atoms with E-state index in [1.807, 2.05) is 0 Å². The van der Waals surface area contributed by atoms with Gasteiger partial charge in [0.2, 0.25) is 0 Å². The minimum absolute atomic E-state index is 0.508. The summed E-state index contributed by atoms with van der Waals surface area (Å²) in [6, 6.07) is 0.508. The average molecular weight is 269 g/mol. The maximum Gasteiger partial charge on any atom is 0.433 e. The van der Waals surface area contributed by atoms with Crippen LogP contribution in [-0.2, 0) is 6.18 Å².